The second kappa shape index (κ2) is 12.0. The molecule has 1 aromatic carbocycles. The van der Waals surface area contributed by atoms with Gasteiger partial charge in [0.15, 0.2) is 5.82 Å². The van der Waals surface area contributed by atoms with E-state index in [4.69, 9.17) is 35.6 Å². The van der Waals surface area contributed by atoms with E-state index in [9.17, 15) is 5.11 Å². The molecule has 1 unspecified atom stereocenters. The largest absolute Gasteiger partial charge is 0.491 e. The SMILES string of the molecule is CNCC(O)COc1ccc(Cl)c(-c2nc(NCCC(C)(C)OC)c(C)c(-c3c(C)noc3C)n2)c1. The van der Waals surface area contributed by atoms with Crippen LogP contribution in [0.3, 0.4) is 0 Å². The summed E-state index contributed by atoms with van der Waals surface area (Å²) in [4.78, 5) is 9.72. The topological polar surface area (TPSA) is 115 Å². The van der Waals surface area contributed by atoms with Gasteiger partial charge >= 0.3 is 0 Å². The molecule has 0 radical (unpaired) electrons. The van der Waals surface area contributed by atoms with Crippen molar-refractivity contribution in [3.63, 3.8) is 0 Å². The van der Waals surface area contributed by atoms with Crippen molar-refractivity contribution in [2.45, 2.75) is 52.7 Å². The van der Waals surface area contributed by atoms with Gasteiger partial charge in [0.25, 0.3) is 0 Å². The van der Waals surface area contributed by atoms with Crippen LogP contribution in [-0.2, 0) is 4.74 Å². The molecule has 0 aliphatic rings. The first kappa shape index (κ1) is 27.9. The third-order valence-corrected chi connectivity index (χ3v) is 6.38. The molecule has 1 atom stereocenters. The first-order valence-corrected chi connectivity index (χ1v) is 12.3. The number of hydrogen-bond acceptors (Lipinski definition) is 9. The zero-order chi connectivity index (χ0) is 26.5. The number of nitrogens with one attached hydrogen (secondary N) is 2. The van der Waals surface area contributed by atoms with E-state index in [1.54, 1.807) is 32.4 Å². The highest BCUT2D eigenvalue weighted by Gasteiger charge is 2.22. The minimum Gasteiger partial charge on any atom is -0.491 e. The Morgan fingerprint density at radius 2 is 1.94 bits per heavy atom. The summed E-state index contributed by atoms with van der Waals surface area (Å²) >= 11 is 6.60. The Morgan fingerprint density at radius 3 is 2.58 bits per heavy atom. The molecule has 0 aliphatic heterocycles. The second-order valence-electron chi connectivity index (χ2n) is 9.37. The average molecular weight is 518 g/mol. The van der Waals surface area contributed by atoms with Crippen molar-refractivity contribution in [1.29, 1.82) is 0 Å². The molecule has 0 aliphatic carbocycles. The highest BCUT2D eigenvalue weighted by molar-refractivity contribution is 6.33. The summed E-state index contributed by atoms with van der Waals surface area (Å²) < 4.78 is 16.8. The predicted molar refractivity (Wildman–Crippen MR) is 142 cm³/mol. The molecule has 0 spiro atoms. The average Bonchev–Trinajstić information content (AvgIpc) is 3.17. The lowest BCUT2D eigenvalue weighted by Crippen LogP contribution is -2.29. The molecule has 3 rings (SSSR count). The van der Waals surface area contributed by atoms with Crippen LogP contribution < -0.4 is 15.4 Å². The predicted octanol–water partition coefficient (Wildman–Crippen LogP) is 4.56. The number of benzene rings is 1. The van der Waals surface area contributed by atoms with Crippen molar-refractivity contribution >= 4 is 17.4 Å². The Labute approximate surface area is 217 Å². The van der Waals surface area contributed by atoms with E-state index in [2.05, 4.69) is 15.8 Å². The van der Waals surface area contributed by atoms with Crippen molar-refractivity contribution < 1.29 is 19.1 Å². The number of halogens is 1. The number of hydrogen-bond donors (Lipinski definition) is 3. The van der Waals surface area contributed by atoms with Crippen molar-refractivity contribution in [1.82, 2.24) is 20.4 Å². The minimum absolute atomic E-state index is 0.142. The summed E-state index contributed by atoms with van der Waals surface area (Å²) in [5, 5.41) is 21.0. The Bertz CT molecular complexity index is 1160. The Hall–Kier alpha value is -2.72. The molecule has 0 bridgehead atoms. The van der Waals surface area contributed by atoms with Gasteiger partial charge in [-0.15, -0.1) is 0 Å². The standard InChI is InChI=1S/C26H36ClN5O4/c1-15-23(22-16(2)32-36-17(22)3)30-25(31-24(15)29-11-10-26(4,5)34-7)20-12-19(8-9-21(20)27)35-14-18(33)13-28-6/h8-9,12,18,28,33H,10-11,13-14H2,1-7H3,(H,29,30,31). The summed E-state index contributed by atoms with van der Waals surface area (Å²) in [6.07, 6.45) is 0.144. The van der Waals surface area contributed by atoms with Crippen molar-refractivity contribution in [3.8, 4) is 28.4 Å². The molecule has 0 fully saturated rings. The van der Waals surface area contributed by atoms with Gasteiger partial charge in [0.2, 0.25) is 0 Å². The fourth-order valence-electron chi connectivity index (χ4n) is 3.71. The highest BCUT2D eigenvalue weighted by atomic mass is 35.5. The van der Waals surface area contributed by atoms with E-state index in [1.807, 2.05) is 34.6 Å². The van der Waals surface area contributed by atoms with Gasteiger partial charge in [-0.3, -0.25) is 0 Å². The fourth-order valence-corrected chi connectivity index (χ4v) is 3.91. The molecule has 2 aromatic heterocycles. The molecule has 3 aromatic rings. The van der Waals surface area contributed by atoms with Crippen LogP contribution in [0.4, 0.5) is 5.82 Å². The van der Waals surface area contributed by atoms with Gasteiger partial charge in [-0.05, 0) is 66.3 Å². The molecule has 10 heteroatoms. The van der Waals surface area contributed by atoms with E-state index in [1.165, 1.54) is 0 Å². The summed E-state index contributed by atoms with van der Waals surface area (Å²) in [7, 11) is 3.48. The number of aliphatic hydroxyl groups is 1. The number of aliphatic hydroxyl groups excluding tert-OH is 1. The molecule has 0 saturated heterocycles. The molecule has 3 N–H and O–H groups in total. The maximum atomic E-state index is 10.00. The summed E-state index contributed by atoms with van der Waals surface area (Å²) in [5.74, 6) is 2.36. The maximum absolute atomic E-state index is 10.00. The van der Waals surface area contributed by atoms with E-state index < -0.39 is 6.10 Å². The summed E-state index contributed by atoms with van der Waals surface area (Å²) in [5.41, 5.74) is 3.52. The monoisotopic (exact) mass is 517 g/mol. The zero-order valence-electron chi connectivity index (χ0n) is 22.0. The molecule has 2 heterocycles. The van der Waals surface area contributed by atoms with E-state index >= 15 is 0 Å². The number of ether oxygens (including phenoxy) is 2. The Morgan fingerprint density at radius 1 is 1.19 bits per heavy atom. The van der Waals surface area contributed by atoms with Gasteiger partial charge in [-0.2, -0.15) is 0 Å². The van der Waals surface area contributed by atoms with Gasteiger partial charge in [-0.25, -0.2) is 9.97 Å². The second-order valence-corrected chi connectivity index (χ2v) is 9.78. The number of likely N-dealkylation sites (N-methyl/N-ethyl adjacent to an activating group) is 1. The van der Waals surface area contributed by atoms with Gasteiger partial charge in [-0.1, -0.05) is 16.8 Å². The highest BCUT2D eigenvalue weighted by Crippen LogP contribution is 2.36. The van der Waals surface area contributed by atoms with Gasteiger partial charge in [0, 0.05) is 31.3 Å². The fraction of sp³-hybridized carbons (Fsp3) is 0.500. The Balaban J connectivity index is 2.04. The van der Waals surface area contributed by atoms with Crippen molar-refractivity contribution in [2.75, 3.05) is 39.2 Å². The number of aryl methyl sites for hydroxylation is 2. The van der Waals surface area contributed by atoms with Gasteiger partial charge in [0.05, 0.1) is 27.6 Å². The molecular weight excluding hydrogens is 482 g/mol. The molecular formula is C26H36ClN5O4. The van der Waals surface area contributed by atoms with E-state index in [-0.39, 0.29) is 12.2 Å². The van der Waals surface area contributed by atoms with Gasteiger partial charge in [0.1, 0.15) is 30.0 Å². The van der Waals surface area contributed by atoms with Crippen LogP contribution in [0.15, 0.2) is 22.7 Å². The number of anilines is 1. The van der Waals surface area contributed by atoms with Crippen LogP contribution in [0.2, 0.25) is 5.02 Å². The molecule has 36 heavy (non-hydrogen) atoms. The smallest absolute Gasteiger partial charge is 0.163 e. The normalized spacial score (nSPS) is 12.6. The van der Waals surface area contributed by atoms with Crippen LogP contribution in [0, 0.1) is 20.8 Å². The van der Waals surface area contributed by atoms with Crippen LogP contribution in [0.5, 0.6) is 5.75 Å². The first-order chi connectivity index (χ1) is 17.1. The maximum Gasteiger partial charge on any atom is 0.163 e. The van der Waals surface area contributed by atoms with Crippen molar-refractivity contribution in [2.24, 2.45) is 0 Å². The molecule has 9 nitrogen and oxygen atoms in total. The third kappa shape index (κ3) is 6.73. The molecule has 0 amide bonds. The molecule has 0 saturated carbocycles. The first-order valence-electron chi connectivity index (χ1n) is 11.9. The molecule has 196 valence electrons. The third-order valence-electron chi connectivity index (χ3n) is 6.05. The summed E-state index contributed by atoms with van der Waals surface area (Å²) in [6, 6.07) is 5.28. The van der Waals surface area contributed by atoms with Crippen LogP contribution in [-0.4, -0.2) is 65.8 Å². The lowest BCUT2D eigenvalue weighted by Gasteiger charge is -2.23. The number of aromatic nitrogens is 3. The van der Waals surface area contributed by atoms with Crippen LogP contribution in [0.25, 0.3) is 22.6 Å². The quantitative estimate of drug-likeness (QED) is 0.318. The zero-order valence-corrected chi connectivity index (χ0v) is 22.8. The Kier molecular flexibility index (Phi) is 9.30. The van der Waals surface area contributed by atoms with E-state index in [0.717, 1.165) is 28.9 Å². The van der Waals surface area contributed by atoms with Crippen LogP contribution >= 0.6 is 11.6 Å². The van der Waals surface area contributed by atoms with E-state index in [0.29, 0.717) is 46.8 Å². The van der Waals surface area contributed by atoms with Crippen LogP contribution in [0.1, 0.15) is 37.3 Å². The lowest BCUT2D eigenvalue weighted by atomic mass is 10.0. The number of rotatable bonds is 12. The minimum atomic E-state index is -0.636. The summed E-state index contributed by atoms with van der Waals surface area (Å²) in [6.45, 7) is 11.0. The number of nitrogens with zero attached hydrogens (tertiary/aromatic N) is 3. The number of methoxy groups -OCH3 is 1. The van der Waals surface area contributed by atoms with Crippen molar-refractivity contribution in [3.05, 3.63) is 40.2 Å². The lowest BCUT2D eigenvalue weighted by molar-refractivity contribution is 0.0184. The van der Waals surface area contributed by atoms with Gasteiger partial charge < -0.3 is 29.7 Å².